The lowest BCUT2D eigenvalue weighted by molar-refractivity contribution is 0.198. The Labute approximate surface area is 191 Å². The van der Waals surface area contributed by atoms with E-state index in [4.69, 9.17) is 0 Å². The number of guanidine groups is 1. The minimum Gasteiger partial charge on any atom is -0.370 e. The Morgan fingerprint density at radius 2 is 1.65 bits per heavy atom. The van der Waals surface area contributed by atoms with Gasteiger partial charge in [0.1, 0.15) is 0 Å². The third-order valence-electron chi connectivity index (χ3n) is 6.17. The average molecular weight is 438 g/mol. The Bertz CT molecular complexity index is 810. The zero-order valence-electron chi connectivity index (χ0n) is 18.6. The lowest BCUT2D eigenvalue weighted by atomic mass is 10.0. The summed E-state index contributed by atoms with van der Waals surface area (Å²) in [5.74, 6) is 3.37. The zero-order valence-corrected chi connectivity index (χ0v) is 19.4. The molecule has 5 nitrogen and oxygen atoms in total. The number of hydrogen-bond acceptors (Lipinski definition) is 4. The van der Waals surface area contributed by atoms with Crippen LogP contribution in [0.4, 0.5) is 5.69 Å². The summed E-state index contributed by atoms with van der Waals surface area (Å²) in [6.45, 7) is 6.40. The molecule has 2 fully saturated rings. The van der Waals surface area contributed by atoms with Crippen LogP contribution >= 0.6 is 11.8 Å². The Hall–Kier alpha value is -2.18. The topological polar surface area (TPSA) is 42.9 Å². The van der Waals surface area contributed by atoms with E-state index < -0.39 is 0 Å². The maximum Gasteiger partial charge on any atom is 0.191 e. The molecule has 31 heavy (non-hydrogen) atoms. The summed E-state index contributed by atoms with van der Waals surface area (Å²) in [4.78, 5) is 9.48. The highest BCUT2D eigenvalue weighted by atomic mass is 32.2. The van der Waals surface area contributed by atoms with Gasteiger partial charge in [0.05, 0.1) is 0 Å². The molecule has 0 aromatic heterocycles. The first-order valence-corrected chi connectivity index (χ1v) is 12.6. The molecule has 2 saturated heterocycles. The van der Waals surface area contributed by atoms with Crippen LogP contribution in [0.2, 0.25) is 0 Å². The number of likely N-dealkylation sites (tertiary alicyclic amines) is 1. The molecule has 0 radical (unpaired) electrons. The van der Waals surface area contributed by atoms with Gasteiger partial charge in [-0.2, -0.15) is 11.8 Å². The van der Waals surface area contributed by atoms with E-state index in [1.54, 1.807) is 0 Å². The van der Waals surface area contributed by atoms with E-state index in [1.807, 2.05) is 7.05 Å². The summed E-state index contributed by atoms with van der Waals surface area (Å²) in [6.07, 6.45) is 2.30. The van der Waals surface area contributed by atoms with Gasteiger partial charge >= 0.3 is 0 Å². The van der Waals surface area contributed by atoms with Gasteiger partial charge in [0.2, 0.25) is 0 Å². The van der Waals surface area contributed by atoms with Gasteiger partial charge in [0.25, 0.3) is 0 Å². The summed E-state index contributed by atoms with van der Waals surface area (Å²) in [6, 6.07) is 20.2. The first-order valence-electron chi connectivity index (χ1n) is 11.5. The Morgan fingerprint density at radius 1 is 0.935 bits per heavy atom. The molecule has 2 aromatic carbocycles. The summed E-state index contributed by atoms with van der Waals surface area (Å²) >= 11 is 2.05. The van der Waals surface area contributed by atoms with E-state index in [2.05, 4.69) is 91.8 Å². The van der Waals surface area contributed by atoms with Gasteiger partial charge < -0.3 is 15.5 Å². The monoisotopic (exact) mass is 437 g/mol. The van der Waals surface area contributed by atoms with Crippen LogP contribution in [0.5, 0.6) is 0 Å². The van der Waals surface area contributed by atoms with Gasteiger partial charge in [-0.05, 0) is 36.1 Å². The Morgan fingerprint density at radius 3 is 2.32 bits per heavy atom. The van der Waals surface area contributed by atoms with Gasteiger partial charge in [-0.1, -0.05) is 42.5 Å². The van der Waals surface area contributed by atoms with E-state index in [0.717, 1.165) is 58.1 Å². The number of rotatable bonds is 6. The third kappa shape index (κ3) is 6.65. The molecule has 2 aliphatic heterocycles. The van der Waals surface area contributed by atoms with Crippen molar-refractivity contribution in [1.29, 1.82) is 0 Å². The molecule has 2 heterocycles. The van der Waals surface area contributed by atoms with Crippen molar-refractivity contribution in [3.63, 3.8) is 0 Å². The van der Waals surface area contributed by atoms with E-state index in [0.29, 0.717) is 6.04 Å². The minimum atomic E-state index is 0.484. The largest absolute Gasteiger partial charge is 0.370 e. The summed E-state index contributed by atoms with van der Waals surface area (Å²) in [7, 11) is 1.86. The van der Waals surface area contributed by atoms with Crippen LogP contribution in [0.3, 0.4) is 0 Å². The van der Waals surface area contributed by atoms with Gasteiger partial charge in [0.15, 0.2) is 5.96 Å². The molecular weight excluding hydrogens is 402 g/mol. The molecule has 2 aromatic rings. The highest BCUT2D eigenvalue weighted by molar-refractivity contribution is 7.99. The second kappa shape index (κ2) is 11.4. The van der Waals surface area contributed by atoms with Gasteiger partial charge in [-0.3, -0.25) is 9.89 Å². The molecule has 0 saturated carbocycles. The molecule has 166 valence electrons. The van der Waals surface area contributed by atoms with Gasteiger partial charge in [-0.15, -0.1) is 0 Å². The summed E-state index contributed by atoms with van der Waals surface area (Å²) < 4.78 is 0. The second-order valence-corrected chi connectivity index (χ2v) is 9.60. The van der Waals surface area contributed by atoms with Crippen molar-refractivity contribution in [3.05, 3.63) is 65.7 Å². The van der Waals surface area contributed by atoms with Crippen LogP contribution in [0, 0.1) is 0 Å². The fourth-order valence-electron chi connectivity index (χ4n) is 4.30. The molecule has 2 aliphatic rings. The Kier molecular flexibility index (Phi) is 8.13. The number of anilines is 1. The number of piperidine rings is 1. The van der Waals surface area contributed by atoms with Crippen LogP contribution in [-0.2, 0) is 13.1 Å². The predicted molar refractivity (Wildman–Crippen MR) is 134 cm³/mol. The molecule has 0 atom stereocenters. The number of benzene rings is 2. The van der Waals surface area contributed by atoms with Gasteiger partial charge in [0, 0.05) is 69.6 Å². The van der Waals surface area contributed by atoms with Crippen molar-refractivity contribution in [2.24, 2.45) is 4.99 Å². The lowest BCUT2D eigenvalue weighted by Gasteiger charge is -2.33. The highest BCUT2D eigenvalue weighted by Crippen LogP contribution is 2.20. The normalized spacial score (nSPS) is 18.7. The van der Waals surface area contributed by atoms with E-state index in [1.165, 1.54) is 28.3 Å². The van der Waals surface area contributed by atoms with E-state index >= 15 is 0 Å². The van der Waals surface area contributed by atoms with Crippen molar-refractivity contribution >= 4 is 23.4 Å². The zero-order chi connectivity index (χ0) is 21.3. The molecular formula is C25H35N5S. The van der Waals surface area contributed by atoms with Crippen LogP contribution in [0.25, 0.3) is 0 Å². The van der Waals surface area contributed by atoms with Crippen LogP contribution < -0.4 is 15.5 Å². The average Bonchev–Trinajstić information content (AvgIpc) is 2.84. The SMILES string of the molecule is CN=C(NCc1ccc(N2CCSCC2)cc1)NC1CCN(Cc2ccccc2)CC1. The smallest absolute Gasteiger partial charge is 0.191 e. The summed E-state index contributed by atoms with van der Waals surface area (Å²) in [5.41, 5.74) is 4.03. The number of aliphatic imine (C=N–C) groups is 1. The van der Waals surface area contributed by atoms with Crippen molar-refractivity contribution in [3.8, 4) is 0 Å². The number of nitrogens with zero attached hydrogens (tertiary/aromatic N) is 3. The molecule has 0 unspecified atom stereocenters. The highest BCUT2D eigenvalue weighted by Gasteiger charge is 2.20. The van der Waals surface area contributed by atoms with Crippen LogP contribution in [0.15, 0.2) is 59.6 Å². The van der Waals surface area contributed by atoms with Crippen molar-refractivity contribution in [1.82, 2.24) is 15.5 Å². The first kappa shape index (κ1) is 22.0. The maximum absolute atomic E-state index is 4.45. The van der Waals surface area contributed by atoms with Crippen molar-refractivity contribution in [2.75, 3.05) is 49.6 Å². The van der Waals surface area contributed by atoms with Gasteiger partial charge in [-0.25, -0.2) is 0 Å². The predicted octanol–water partition coefficient (Wildman–Crippen LogP) is 3.57. The number of nitrogens with one attached hydrogen (secondary N) is 2. The minimum absolute atomic E-state index is 0.484. The molecule has 2 N–H and O–H groups in total. The fraction of sp³-hybridized carbons (Fsp3) is 0.480. The first-order chi connectivity index (χ1) is 15.3. The molecule has 0 aliphatic carbocycles. The Balaban J connectivity index is 1.19. The lowest BCUT2D eigenvalue weighted by Crippen LogP contribution is -2.48. The molecule has 6 heteroatoms. The number of hydrogen-bond donors (Lipinski definition) is 2. The van der Waals surface area contributed by atoms with E-state index in [-0.39, 0.29) is 0 Å². The van der Waals surface area contributed by atoms with Crippen molar-refractivity contribution in [2.45, 2.75) is 32.0 Å². The fourth-order valence-corrected chi connectivity index (χ4v) is 5.20. The molecule has 0 bridgehead atoms. The van der Waals surface area contributed by atoms with E-state index in [9.17, 15) is 0 Å². The molecule has 0 spiro atoms. The maximum atomic E-state index is 4.45. The quantitative estimate of drug-likeness (QED) is 0.534. The van der Waals surface area contributed by atoms with Crippen LogP contribution in [-0.4, -0.2) is 61.6 Å². The second-order valence-electron chi connectivity index (χ2n) is 8.37. The summed E-state index contributed by atoms with van der Waals surface area (Å²) in [5, 5.41) is 7.12. The molecule has 0 amide bonds. The standard InChI is InChI=1S/C25H35N5S/c1-26-25(27-19-21-7-9-24(10-8-21)30-15-17-31-18-16-30)28-23-11-13-29(14-12-23)20-22-5-3-2-4-6-22/h2-10,23H,11-20H2,1H3,(H2,26,27,28). The van der Waals surface area contributed by atoms with Crippen LogP contribution in [0.1, 0.15) is 24.0 Å². The van der Waals surface area contributed by atoms with Crippen molar-refractivity contribution < 1.29 is 0 Å². The third-order valence-corrected chi connectivity index (χ3v) is 7.12. The number of thioether (sulfide) groups is 1. The molecule has 4 rings (SSSR count).